The molecule has 0 atom stereocenters. The Balaban J connectivity index is 1.99. The first kappa shape index (κ1) is 13.9. The van der Waals surface area contributed by atoms with Crippen molar-refractivity contribution in [3.05, 3.63) is 76.3 Å². The highest BCUT2D eigenvalue weighted by molar-refractivity contribution is 6.59. The molecule has 0 heterocycles. The van der Waals surface area contributed by atoms with E-state index in [2.05, 4.69) is 19.1 Å². The number of nitrogens with zero attached hydrogens (tertiary/aromatic N) is 1. The molecule has 3 aromatic carbocycles. The van der Waals surface area contributed by atoms with E-state index in [1.54, 1.807) is 0 Å². The summed E-state index contributed by atoms with van der Waals surface area (Å²) < 4.78 is 0. The molecule has 0 saturated carbocycles. The van der Waals surface area contributed by atoms with E-state index in [9.17, 15) is 4.79 Å². The third-order valence-electron chi connectivity index (χ3n) is 4.48. The van der Waals surface area contributed by atoms with Gasteiger partial charge in [-0.3, -0.25) is 4.79 Å². The summed E-state index contributed by atoms with van der Waals surface area (Å²) in [6, 6.07) is 16.1. The van der Waals surface area contributed by atoms with E-state index in [1.807, 2.05) is 50.2 Å². The number of ketones is 1. The molecule has 0 aliphatic heterocycles. The molecule has 1 aliphatic carbocycles. The zero-order valence-electron chi connectivity index (χ0n) is 13.5. The highest BCUT2D eigenvalue weighted by Crippen LogP contribution is 2.34. The number of carbonyl (C=O) groups is 1. The topological polar surface area (TPSA) is 29.4 Å². The van der Waals surface area contributed by atoms with Gasteiger partial charge in [-0.25, -0.2) is 4.99 Å². The number of hydrogen-bond donors (Lipinski definition) is 0. The standard InChI is InChI=1S/C21H17NO/c1-12-10-13(2)19(14(3)11-12)22-20-16-8-4-6-15-7-5-9-17(18(15)16)21(20)23/h4-11H,1-3H3/b22-20+. The van der Waals surface area contributed by atoms with Crippen molar-refractivity contribution < 1.29 is 4.79 Å². The third kappa shape index (κ3) is 2.02. The van der Waals surface area contributed by atoms with Crippen LogP contribution in [0.2, 0.25) is 0 Å². The van der Waals surface area contributed by atoms with Gasteiger partial charge in [-0.05, 0) is 37.3 Å². The Hall–Kier alpha value is -2.74. The van der Waals surface area contributed by atoms with Crippen molar-refractivity contribution in [3.63, 3.8) is 0 Å². The summed E-state index contributed by atoms with van der Waals surface area (Å²) in [7, 11) is 0. The van der Waals surface area contributed by atoms with Crippen LogP contribution in [0.15, 0.2) is 53.5 Å². The Bertz CT molecular complexity index is 983. The van der Waals surface area contributed by atoms with Crippen LogP contribution in [0.4, 0.5) is 5.69 Å². The molecule has 0 aromatic heterocycles. The van der Waals surface area contributed by atoms with Gasteiger partial charge in [0, 0.05) is 16.5 Å². The van der Waals surface area contributed by atoms with E-state index >= 15 is 0 Å². The van der Waals surface area contributed by atoms with Crippen LogP contribution in [0.25, 0.3) is 10.8 Å². The van der Waals surface area contributed by atoms with Gasteiger partial charge in [0.15, 0.2) is 0 Å². The number of carbonyl (C=O) groups excluding carboxylic acids is 1. The summed E-state index contributed by atoms with van der Waals surface area (Å²) in [4.78, 5) is 17.6. The monoisotopic (exact) mass is 299 g/mol. The fraction of sp³-hybridized carbons (Fsp3) is 0.143. The average Bonchev–Trinajstić information content (AvgIpc) is 2.78. The number of hydrogen-bond acceptors (Lipinski definition) is 2. The van der Waals surface area contributed by atoms with Crippen molar-refractivity contribution in [2.24, 2.45) is 4.99 Å². The minimum Gasteiger partial charge on any atom is -0.287 e. The molecule has 0 radical (unpaired) electrons. The van der Waals surface area contributed by atoms with E-state index in [0.717, 1.165) is 38.7 Å². The molecule has 4 rings (SSSR count). The molecule has 2 heteroatoms. The first-order chi connectivity index (χ1) is 11.1. The van der Waals surface area contributed by atoms with Gasteiger partial charge in [0.25, 0.3) is 0 Å². The van der Waals surface area contributed by atoms with Crippen LogP contribution in [0.3, 0.4) is 0 Å². The molecule has 0 unspecified atom stereocenters. The molecular formula is C21H17NO. The number of rotatable bonds is 1. The lowest BCUT2D eigenvalue weighted by molar-refractivity contribution is 0.107. The lowest BCUT2D eigenvalue weighted by Gasteiger charge is -2.08. The summed E-state index contributed by atoms with van der Waals surface area (Å²) in [6.07, 6.45) is 0. The van der Waals surface area contributed by atoms with Crippen LogP contribution in [-0.2, 0) is 0 Å². The second kappa shape index (κ2) is 4.88. The van der Waals surface area contributed by atoms with Crippen LogP contribution in [-0.4, -0.2) is 11.5 Å². The van der Waals surface area contributed by atoms with Crippen LogP contribution in [0, 0.1) is 20.8 Å². The first-order valence-corrected chi connectivity index (χ1v) is 7.79. The van der Waals surface area contributed by atoms with Crippen molar-refractivity contribution in [2.75, 3.05) is 0 Å². The Morgan fingerprint density at radius 3 is 2.09 bits per heavy atom. The number of aryl methyl sites for hydroxylation is 3. The molecule has 0 fully saturated rings. The van der Waals surface area contributed by atoms with Crippen LogP contribution in [0.1, 0.15) is 32.6 Å². The Morgan fingerprint density at radius 2 is 1.43 bits per heavy atom. The maximum absolute atomic E-state index is 12.8. The number of aliphatic imine (C=N–C) groups is 1. The highest BCUT2D eigenvalue weighted by atomic mass is 16.1. The fourth-order valence-corrected chi connectivity index (χ4v) is 3.55. The second-order valence-electron chi connectivity index (χ2n) is 6.25. The molecule has 112 valence electrons. The van der Waals surface area contributed by atoms with E-state index in [0.29, 0.717) is 5.71 Å². The molecule has 0 bridgehead atoms. The Kier molecular flexibility index (Phi) is 2.95. The Morgan fingerprint density at radius 1 is 0.826 bits per heavy atom. The molecule has 23 heavy (non-hydrogen) atoms. The van der Waals surface area contributed by atoms with Crippen LogP contribution in [0.5, 0.6) is 0 Å². The van der Waals surface area contributed by atoms with Gasteiger partial charge in [-0.2, -0.15) is 0 Å². The molecule has 2 nitrogen and oxygen atoms in total. The van der Waals surface area contributed by atoms with Crippen LogP contribution >= 0.6 is 0 Å². The maximum atomic E-state index is 12.8. The zero-order chi connectivity index (χ0) is 16.1. The molecule has 0 spiro atoms. The van der Waals surface area contributed by atoms with Crippen molar-refractivity contribution in [1.82, 2.24) is 0 Å². The predicted molar refractivity (Wildman–Crippen MR) is 95.1 cm³/mol. The van der Waals surface area contributed by atoms with Gasteiger partial charge in [-0.15, -0.1) is 0 Å². The Labute approximate surface area is 135 Å². The van der Waals surface area contributed by atoms with Gasteiger partial charge in [0.1, 0.15) is 5.71 Å². The molecular weight excluding hydrogens is 282 g/mol. The van der Waals surface area contributed by atoms with Gasteiger partial charge < -0.3 is 0 Å². The number of Topliss-reactive ketones (excluding diaryl/α,β-unsaturated/α-hetero) is 1. The zero-order valence-corrected chi connectivity index (χ0v) is 13.5. The maximum Gasteiger partial charge on any atom is 0.212 e. The van der Waals surface area contributed by atoms with Gasteiger partial charge in [0.2, 0.25) is 5.78 Å². The highest BCUT2D eigenvalue weighted by Gasteiger charge is 2.28. The van der Waals surface area contributed by atoms with E-state index in [4.69, 9.17) is 4.99 Å². The SMILES string of the molecule is Cc1cc(C)c(/N=C2/C(=O)c3cccc4cccc2c34)c(C)c1. The summed E-state index contributed by atoms with van der Waals surface area (Å²) >= 11 is 0. The second-order valence-corrected chi connectivity index (χ2v) is 6.25. The minimum absolute atomic E-state index is 0.0242. The predicted octanol–water partition coefficient (Wildman–Crippen LogP) is 5.08. The summed E-state index contributed by atoms with van der Waals surface area (Å²) in [5.74, 6) is 0.0242. The third-order valence-corrected chi connectivity index (χ3v) is 4.48. The summed E-state index contributed by atoms with van der Waals surface area (Å²) in [5.41, 5.74) is 6.60. The molecule has 3 aromatic rings. The van der Waals surface area contributed by atoms with Gasteiger partial charge in [-0.1, -0.05) is 54.1 Å². The fourth-order valence-electron chi connectivity index (χ4n) is 3.55. The number of benzene rings is 3. The lowest BCUT2D eigenvalue weighted by atomic mass is 10.0. The molecule has 0 amide bonds. The molecule has 0 N–H and O–H groups in total. The van der Waals surface area contributed by atoms with E-state index < -0.39 is 0 Å². The van der Waals surface area contributed by atoms with Gasteiger partial charge in [0.05, 0.1) is 5.69 Å². The van der Waals surface area contributed by atoms with Crippen molar-refractivity contribution >= 4 is 28.0 Å². The van der Waals surface area contributed by atoms with Gasteiger partial charge >= 0.3 is 0 Å². The van der Waals surface area contributed by atoms with Crippen LogP contribution < -0.4 is 0 Å². The summed E-state index contributed by atoms with van der Waals surface area (Å²) in [6.45, 7) is 6.17. The average molecular weight is 299 g/mol. The first-order valence-electron chi connectivity index (χ1n) is 7.79. The lowest BCUT2D eigenvalue weighted by Crippen LogP contribution is -2.08. The quantitative estimate of drug-likeness (QED) is 0.616. The van der Waals surface area contributed by atoms with Crippen molar-refractivity contribution in [3.8, 4) is 0 Å². The molecule has 1 aliphatic rings. The minimum atomic E-state index is 0.0242. The molecule has 0 saturated heterocycles. The van der Waals surface area contributed by atoms with E-state index in [-0.39, 0.29) is 5.78 Å². The normalized spacial score (nSPS) is 14.9. The van der Waals surface area contributed by atoms with Crippen molar-refractivity contribution in [1.29, 1.82) is 0 Å². The van der Waals surface area contributed by atoms with Crippen molar-refractivity contribution in [2.45, 2.75) is 20.8 Å². The largest absolute Gasteiger partial charge is 0.287 e. The summed E-state index contributed by atoms with van der Waals surface area (Å²) in [5, 5.41) is 2.12. The van der Waals surface area contributed by atoms with E-state index in [1.165, 1.54) is 5.56 Å². The smallest absolute Gasteiger partial charge is 0.212 e.